The Morgan fingerprint density at radius 2 is 1.54 bits per heavy atom. The van der Waals surface area contributed by atoms with E-state index in [1.807, 2.05) is 43.3 Å². The van der Waals surface area contributed by atoms with Crippen LogP contribution in [0.5, 0.6) is 0 Å². The summed E-state index contributed by atoms with van der Waals surface area (Å²) in [6, 6.07) is 17.2. The Bertz CT molecular complexity index is 875. The van der Waals surface area contributed by atoms with Gasteiger partial charge in [0.15, 0.2) is 0 Å². The van der Waals surface area contributed by atoms with Crippen LogP contribution in [0.1, 0.15) is 27.3 Å². The fourth-order valence-corrected chi connectivity index (χ4v) is 3.03. The minimum absolute atomic E-state index is 0.132. The molecule has 1 amide bonds. The van der Waals surface area contributed by atoms with E-state index in [1.165, 1.54) is 11.4 Å². The number of carbonyl (C=O) groups is 1. The molecule has 24 heavy (non-hydrogen) atoms. The van der Waals surface area contributed by atoms with Crippen molar-refractivity contribution in [2.45, 2.75) is 20.8 Å². The van der Waals surface area contributed by atoms with E-state index in [4.69, 9.17) is 11.6 Å². The number of anilines is 1. The molecular formula is C20H19ClN2O. The number of nitrogens with zero attached hydrogens (tertiary/aromatic N) is 1. The van der Waals surface area contributed by atoms with E-state index in [0.29, 0.717) is 10.6 Å². The summed E-state index contributed by atoms with van der Waals surface area (Å²) < 4.78 is 2.16. The SMILES string of the molecule is Cc1cc(Cl)ccc1NC(=O)c1ccc(-n2c(C)ccc2C)cc1. The standard InChI is InChI=1S/C20H19ClN2O/c1-13-12-17(21)8-11-19(13)22-20(24)16-6-9-18(10-7-16)23-14(2)4-5-15(23)3/h4-12H,1-3H3,(H,22,24). The van der Waals surface area contributed by atoms with Crippen LogP contribution >= 0.6 is 11.6 Å². The van der Waals surface area contributed by atoms with E-state index in [2.05, 4.69) is 35.9 Å². The molecule has 0 aliphatic heterocycles. The molecule has 0 saturated heterocycles. The minimum Gasteiger partial charge on any atom is -0.322 e. The van der Waals surface area contributed by atoms with Crippen LogP contribution in [0.25, 0.3) is 5.69 Å². The highest BCUT2D eigenvalue weighted by Gasteiger charge is 2.09. The van der Waals surface area contributed by atoms with Crippen LogP contribution in [0.2, 0.25) is 5.02 Å². The van der Waals surface area contributed by atoms with E-state index in [9.17, 15) is 4.79 Å². The van der Waals surface area contributed by atoms with Crippen LogP contribution in [0.4, 0.5) is 5.69 Å². The minimum atomic E-state index is -0.132. The molecule has 1 aromatic heterocycles. The van der Waals surface area contributed by atoms with Gasteiger partial charge in [0.2, 0.25) is 0 Å². The van der Waals surface area contributed by atoms with Gasteiger partial charge in [0.05, 0.1) is 0 Å². The molecule has 1 N–H and O–H groups in total. The van der Waals surface area contributed by atoms with E-state index in [0.717, 1.165) is 16.9 Å². The monoisotopic (exact) mass is 338 g/mol. The Morgan fingerprint density at radius 1 is 0.917 bits per heavy atom. The van der Waals surface area contributed by atoms with E-state index >= 15 is 0 Å². The Kier molecular flexibility index (Phi) is 4.45. The molecule has 3 nitrogen and oxygen atoms in total. The Hall–Kier alpha value is -2.52. The van der Waals surface area contributed by atoms with Crippen molar-refractivity contribution in [3.05, 3.63) is 82.1 Å². The molecule has 3 aromatic rings. The van der Waals surface area contributed by atoms with Gasteiger partial charge in [-0.3, -0.25) is 4.79 Å². The van der Waals surface area contributed by atoms with Crippen LogP contribution in [-0.4, -0.2) is 10.5 Å². The highest BCUT2D eigenvalue weighted by molar-refractivity contribution is 6.30. The number of amides is 1. The van der Waals surface area contributed by atoms with Gasteiger partial charge in [-0.05, 0) is 80.9 Å². The second-order valence-corrected chi connectivity index (χ2v) is 6.35. The smallest absolute Gasteiger partial charge is 0.255 e. The summed E-state index contributed by atoms with van der Waals surface area (Å²) in [6.07, 6.45) is 0. The first-order chi connectivity index (χ1) is 11.5. The molecule has 0 radical (unpaired) electrons. The number of nitrogens with one attached hydrogen (secondary N) is 1. The maximum absolute atomic E-state index is 12.4. The first-order valence-corrected chi connectivity index (χ1v) is 8.16. The lowest BCUT2D eigenvalue weighted by molar-refractivity contribution is 0.102. The number of hydrogen-bond acceptors (Lipinski definition) is 1. The van der Waals surface area contributed by atoms with Gasteiger partial charge in [0.25, 0.3) is 5.91 Å². The summed E-state index contributed by atoms with van der Waals surface area (Å²) in [6.45, 7) is 6.05. The summed E-state index contributed by atoms with van der Waals surface area (Å²) in [7, 11) is 0. The fraction of sp³-hybridized carbons (Fsp3) is 0.150. The molecular weight excluding hydrogens is 320 g/mol. The Morgan fingerprint density at radius 3 is 2.12 bits per heavy atom. The average molecular weight is 339 g/mol. The molecule has 122 valence electrons. The van der Waals surface area contributed by atoms with Gasteiger partial charge in [-0.25, -0.2) is 0 Å². The maximum Gasteiger partial charge on any atom is 0.255 e. The maximum atomic E-state index is 12.4. The van der Waals surface area contributed by atoms with Gasteiger partial charge in [-0.2, -0.15) is 0 Å². The number of aromatic nitrogens is 1. The quantitative estimate of drug-likeness (QED) is 0.690. The molecule has 0 aliphatic carbocycles. The van der Waals surface area contributed by atoms with Gasteiger partial charge in [-0.15, -0.1) is 0 Å². The summed E-state index contributed by atoms with van der Waals surface area (Å²) >= 11 is 5.95. The molecule has 0 spiro atoms. The number of benzene rings is 2. The molecule has 4 heteroatoms. The number of hydrogen-bond donors (Lipinski definition) is 1. The van der Waals surface area contributed by atoms with Gasteiger partial charge < -0.3 is 9.88 Å². The molecule has 0 fully saturated rings. The largest absolute Gasteiger partial charge is 0.322 e. The van der Waals surface area contributed by atoms with Gasteiger partial charge in [0.1, 0.15) is 0 Å². The third-order valence-corrected chi connectivity index (χ3v) is 4.33. The predicted molar refractivity (Wildman–Crippen MR) is 99.4 cm³/mol. The molecule has 0 bridgehead atoms. The summed E-state index contributed by atoms with van der Waals surface area (Å²) in [4.78, 5) is 12.4. The van der Waals surface area contributed by atoms with E-state index in [1.54, 1.807) is 6.07 Å². The van der Waals surface area contributed by atoms with Crippen molar-refractivity contribution in [2.75, 3.05) is 5.32 Å². The number of aryl methyl sites for hydroxylation is 3. The second-order valence-electron chi connectivity index (χ2n) is 5.91. The lowest BCUT2D eigenvalue weighted by Crippen LogP contribution is -2.13. The van der Waals surface area contributed by atoms with Crippen molar-refractivity contribution in [2.24, 2.45) is 0 Å². The van der Waals surface area contributed by atoms with Crippen molar-refractivity contribution in [1.29, 1.82) is 0 Å². The third-order valence-electron chi connectivity index (χ3n) is 4.10. The topological polar surface area (TPSA) is 34.0 Å². The van der Waals surface area contributed by atoms with E-state index < -0.39 is 0 Å². The first kappa shape index (κ1) is 16.3. The zero-order valence-corrected chi connectivity index (χ0v) is 14.7. The predicted octanol–water partition coefficient (Wildman–Crippen LogP) is 5.31. The third kappa shape index (κ3) is 3.22. The lowest BCUT2D eigenvalue weighted by atomic mass is 10.1. The van der Waals surface area contributed by atoms with Crippen molar-refractivity contribution in [3.8, 4) is 5.69 Å². The Labute approximate surface area is 146 Å². The lowest BCUT2D eigenvalue weighted by Gasteiger charge is -2.11. The number of carbonyl (C=O) groups excluding carboxylic acids is 1. The van der Waals surface area contributed by atoms with Crippen molar-refractivity contribution in [1.82, 2.24) is 4.57 Å². The first-order valence-electron chi connectivity index (χ1n) is 7.78. The Balaban J connectivity index is 1.81. The highest BCUT2D eigenvalue weighted by atomic mass is 35.5. The summed E-state index contributed by atoms with van der Waals surface area (Å²) in [5, 5.41) is 3.59. The van der Waals surface area contributed by atoms with E-state index in [-0.39, 0.29) is 5.91 Å². The molecule has 0 unspecified atom stereocenters. The molecule has 0 aliphatic rings. The van der Waals surface area contributed by atoms with Crippen molar-refractivity contribution in [3.63, 3.8) is 0 Å². The molecule has 1 heterocycles. The summed E-state index contributed by atoms with van der Waals surface area (Å²) in [5.41, 5.74) is 5.71. The van der Waals surface area contributed by atoms with Crippen LogP contribution in [0, 0.1) is 20.8 Å². The van der Waals surface area contributed by atoms with Crippen LogP contribution in [0.3, 0.4) is 0 Å². The number of halogens is 1. The normalized spacial score (nSPS) is 10.7. The van der Waals surface area contributed by atoms with Crippen molar-refractivity contribution >= 4 is 23.2 Å². The zero-order chi connectivity index (χ0) is 17.3. The zero-order valence-electron chi connectivity index (χ0n) is 13.9. The number of rotatable bonds is 3. The molecule has 0 saturated carbocycles. The van der Waals surface area contributed by atoms with Gasteiger partial charge in [-0.1, -0.05) is 11.6 Å². The highest BCUT2D eigenvalue weighted by Crippen LogP contribution is 2.21. The summed E-state index contributed by atoms with van der Waals surface area (Å²) in [5.74, 6) is -0.132. The second kappa shape index (κ2) is 6.54. The van der Waals surface area contributed by atoms with Gasteiger partial charge in [0, 0.05) is 33.3 Å². The molecule has 2 aromatic carbocycles. The van der Waals surface area contributed by atoms with Crippen LogP contribution in [-0.2, 0) is 0 Å². The van der Waals surface area contributed by atoms with Crippen molar-refractivity contribution < 1.29 is 4.79 Å². The molecule has 3 rings (SSSR count). The fourth-order valence-electron chi connectivity index (χ4n) is 2.80. The van der Waals surface area contributed by atoms with Gasteiger partial charge >= 0.3 is 0 Å². The van der Waals surface area contributed by atoms with Crippen LogP contribution < -0.4 is 5.32 Å². The molecule has 0 atom stereocenters. The average Bonchev–Trinajstić information content (AvgIpc) is 2.89. The van der Waals surface area contributed by atoms with Crippen LogP contribution in [0.15, 0.2) is 54.6 Å².